The Hall–Kier alpha value is -0.370. The number of Topliss-reactive ketones (excluding diaryl/α,β-unsaturated/α-hetero) is 1. The normalized spacial score (nSPS) is 34.3. The van der Waals surface area contributed by atoms with Crippen LogP contribution in [0.2, 0.25) is 0 Å². The third-order valence-electron chi connectivity index (χ3n) is 4.95. The summed E-state index contributed by atoms with van der Waals surface area (Å²) < 4.78 is 0. The quantitative estimate of drug-likeness (QED) is 0.746. The van der Waals surface area contributed by atoms with Crippen molar-refractivity contribution in [2.24, 2.45) is 11.3 Å². The minimum absolute atomic E-state index is 0.300. The second-order valence-corrected chi connectivity index (χ2v) is 7.22. The standard InChI is InChI=1S/C16H29NO/c1-13-7-5-4-6-10-17(13)12-14-11-16(2,3)9-8-15(14)18/h13-14H,4-12H2,1-3H3. The Labute approximate surface area is 112 Å². The van der Waals surface area contributed by atoms with Gasteiger partial charge in [-0.15, -0.1) is 0 Å². The highest BCUT2D eigenvalue weighted by molar-refractivity contribution is 5.82. The zero-order valence-corrected chi connectivity index (χ0v) is 12.4. The van der Waals surface area contributed by atoms with Crippen LogP contribution in [-0.2, 0) is 4.79 Å². The summed E-state index contributed by atoms with van der Waals surface area (Å²) >= 11 is 0. The summed E-state index contributed by atoms with van der Waals surface area (Å²) in [5, 5.41) is 0. The number of rotatable bonds is 2. The Bertz CT molecular complexity index is 297. The zero-order chi connectivity index (χ0) is 13.2. The lowest BCUT2D eigenvalue weighted by molar-refractivity contribution is -0.128. The first-order valence-corrected chi connectivity index (χ1v) is 7.75. The molecule has 2 rings (SSSR count). The van der Waals surface area contributed by atoms with Crippen LogP contribution in [0.4, 0.5) is 0 Å². The van der Waals surface area contributed by atoms with Gasteiger partial charge in [-0.2, -0.15) is 0 Å². The minimum atomic E-state index is 0.300. The fourth-order valence-corrected chi connectivity index (χ4v) is 3.60. The van der Waals surface area contributed by atoms with E-state index in [0.29, 0.717) is 23.2 Å². The monoisotopic (exact) mass is 251 g/mol. The lowest BCUT2D eigenvalue weighted by atomic mass is 9.71. The van der Waals surface area contributed by atoms with Crippen molar-refractivity contribution in [1.29, 1.82) is 0 Å². The summed E-state index contributed by atoms with van der Waals surface area (Å²) in [5.41, 5.74) is 0.369. The molecule has 1 aliphatic carbocycles. The molecule has 1 saturated carbocycles. The Morgan fingerprint density at radius 3 is 2.83 bits per heavy atom. The third-order valence-corrected chi connectivity index (χ3v) is 4.95. The summed E-state index contributed by atoms with van der Waals surface area (Å²) in [4.78, 5) is 14.7. The topological polar surface area (TPSA) is 20.3 Å². The van der Waals surface area contributed by atoms with Crippen LogP contribution in [0.1, 0.15) is 65.7 Å². The van der Waals surface area contributed by atoms with Crippen molar-refractivity contribution in [2.75, 3.05) is 13.1 Å². The Balaban J connectivity index is 1.95. The smallest absolute Gasteiger partial charge is 0.137 e. The van der Waals surface area contributed by atoms with Gasteiger partial charge in [-0.05, 0) is 44.6 Å². The van der Waals surface area contributed by atoms with Crippen LogP contribution in [0.25, 0.3) is 0 Å². The van der Waals surface area contributed by atoms with Crippen LogP contribution in [0.3, 0.4) is 0 Å². The molecule has 1 heterocycles. The molecule has 0 N–H and O–H groups in total. The molecule has 18 heavy (non-hydrogen) atoms. The van der Waals surface area contributed by atoms with E-state index in [1.807, 2.05) is 0 Å². The van der Waals surface area contributed by atoms with Gasteiger partial charge in [0.05, 0.1) is 0 Å². The second-order valence-electron chi connectivity index (χ2n) is 7.22. The Morgan fingerprint density at radius 2 is 2.06 bits per heavy atom. The van der Waals surface area contributed by atoms with E-state index in [9.17, 15) is 4.79 Å². The van der Waals surface area contributed by atoms with Crippen molar-refractivity contribution < 1.29 is 4.79 Å². The molecule has 0 bridgehead atoms. The highest BCUT2D eigenvalue weighted by Gasteiger charge is 2.35. The van der Waals surface area contributed by atoms with Crippen molar-refractivity contribution in [3.63, 3.8) is 0 Å². The summed E-state index contributed by atoms with van der Waals surface area (Å²) in [7, 11) is 0. The maximum atomic E-state index is 12.1. The van der Waals surface area contributed by atoms with Crippen molar-refractivity contribution >= 4 is 5.78 Å². The lowest BCUT2D eigenvalue weighted by Crippen LogP contribution is -2.42. The molecule has 2 aliphatic rings. The van der Waals surface area contributed by atoms with Crippen LogP contribution in [0.15, 0.2) is 0 Å². The SMILES string of the molecule is CC1CCCCCN1CC1CC(C)(C)CCC1=O. The van der Waals surface area contributed by atoms with Gasteiger partial charge in [0.1, 0.15) is 5.78 Å². The van der Waals surface area contributed by atoms with E-state index in [0.717, 1.165) is 25.8 Å². The fourth-order valence-electron chi connectivity index (χ4n) is 3.60. The highest BCUT2D eigenvalue weighted by Crippen LogP contribution is 2.37. The van der Waals surface area contributed by atoms with E-state index in [4.69, 9.17) is 0 Å². The molecule has 2 nitrogen and oxygen atoms in total. The zero-order valence-electron chi connectivity index (χ0n) is 12.4. The first-order valence-electron chi connectivity index (χ1n) is 7.75. The summed E-state index contributed by atoms with van der Waals surface area (Å²) in [6.45, 7) is 9.19. The first kappa shape index (κ1) is 14.0. The number of carbonyl (C=O) groups excluding carboxylic acids is 1. The molecule has 0 aromatic rings. The number of likely N-dealkylation sites (tertiary alicyclic amines) is 1. The van der Waals surface area contributed by atoms with E-state index in [2.05, 4.69) is 25.7 Å². The molecule has 0 aromatic carbocycles. The molecule has 0 aromatic heterocycles. The number of nitrogens with zero attached hydrogens (tertiary/aromatic N) is 1. The molecule has 2 atom stereocenters. The van der Waals surface area contributed by atoms with Gasteiger partial charge in [-0.3, -0.25) is 9.69 Å². The van der Waals surface area contributed by atoms with Crippen LogP contribution in [0.5, 0.6) is 0 Å². The van der Waals surface area contributed by atoms with Crippen LogP contribution in [-0.4, -0.2) is 29.8 Å². The summed E-state index contributed by atoms with van der Waals surface area (Å²) in [6.07, 6.45) is 8.33. The van der Waals surface area contributed by atoms with Crippen LogP contribution < -0.4 is 0 Å². The van der Waals surface area contributed by atoms with Gasteiger partial charge in [0.2, 0.25) is 0 Å². The van der Waals surface area contributed by atoms with E-state index < -0.39 is 0 Å². The van der Waals surface area contributed by atoms with E-state index in [-0.39, 0.29) is 0 Å². The van der Waals surface area contributed by atoms with Gasteiger partial charge in [-0.1, -0.05) is 26.7 Å². The second kappa shape index (κ2) is 5.73. The third kappa shape index (κ3) is 3.57. The van der Waals surface area contributed by atoms with E-state index in [1.54, 1.807) is 0 Å². The fraction of sp³-hybridized carbons (Fsp3) is 0.938. The minimum Gasteiger partial charge on any atom is -0.300 e. The molecule has 104 valence electrons. The molecule has 2 fully saturated rings. The number of carbonyl (C=O) groups is 1. The lowest BCUT2D eigenvalue weighted by Gasteiger charge is -2.38. The first-order chi connectivity index (χ1) is 8.48. The molecule has 1 aliphatic heterocycles. The molecular weight excluding hydrogens is 222 g/mol. The average molecular weight is 251 g/mol. The van der Waals surface area contributed by atoms with Gasteiger partial charge < -0.3 is 0 Å². The summed E-state index contributed by atoms with van der Waals surface area (Å²) in [5.74, 6) is 0.820. The molecule has 2 heteroatoms. The van der Waals surface area contributed by atoms with Crippen molar-refractivity contribution in [3.8, 4) is 0 Å². The van der Waals surface area contributed by atoms with Crippen LogP contribution in [0, 0.1) is 11.3 Å². The number of ketones is 1. The van der Waals surface area contributed by atoms with E-state index in [1.165, 1.54) is 32.2 Å². The van der Waals surface area contributed by atoms with Crippen molar-refractivity contribution in [2.45, 2.75) is 71.8 Å². The summed E-state index contributed by atoms with van der Waals surface area (Å²) in [6, 6.07) is 0.672. The van der Waals surface area contributed by atoms with E-state index >= 15 is 0 Å². The predicted molar refractivity (Wildman–Crippen MR) is 75.6 cm³/mol. The largest absolute Gasteiger partial charge is 0.300 e. The van der Waals surface area contributed by atoms with Crippen molar-refractivity contribution in [1.82, 2.24) is 4.90 Å². The molecule has 0 spiro atoms. The van der Waals surface area contributed by atoms with Crippen molar-refractivity contribution in [3.05, 3.63) is 0 Å². The van der Waals surface area contributed by atoms with Gasteiger partial charge >= 0.3 is 0 Å². The van der Waals surface area contributed by atoms with Gasteiger partial charge in [0.15, 0.2) is 0 Å². The average Bonchev–Trinajstić information content (AvgIpc) is 2.50. The Morgan fingerprint density at radius 1 is 1.28 bits per heavy atom. The molecule has 0 amide bonds. The number of hydrogen-bond donors (Lipinski definition) is 0. The van der Waals surface area contributed by atoms with Gasteiger partial charge in [0.25, 0.3) is 0 Å². The maximum Gasteiger partial charge on any atom is 0.137 e. The number of hydrogen-bond acceptors (Lipinski definition) is 2. The maximum absolute atomic E-state index is 12.1. The Kier molecular flexibility index (Phi) is 4.47. The van der Waals surface area contributed by atoms with Crippen LogP contribution >= 0.6 is 0 Å². The predicted octanol–water partition coefficient (Wildman–Crippen LogP) is 3.65. The molecule has 2 unspecified atom stereocenters. The van der Waals surface area contributed by atoms with Gasteiger partial charge in [0, 0.05) is 24.9 Å². The molecule has 0 radical (unpaired) electrons. The van der Waals surface area contributed by atoms with Gasteiger partial charge in [-0.25, -0.2) is 0 Å². The molecular formula is C16H29NO. The highest BCUT2D eigenvalue weighted by atomic mass is 16.1. The molecule has 1 saturated heterocycles.